The molecule has 0 bridgehead atoms. The summed E-state index contributed by atoms with van der Waals surface area (Å²) >= 11 is 5.20. The zero-order chi connectivity index (χ0) is 14.7. The van der Waals surface area contributed by atoms with Crippen molar-refractivity contribution in [1.29, 1.82) is 0 Å². The molecule has 0 saturated carbocycles. The molecule has 108 valence electrons. The third-order valence-electron chi connectivity index (χ3n) is 3.33. The molecule has 0 atom stereocenters. The second kappa shape index (κ2) is 6.74. The molecule has 0 radical (unpaired) electrons. The number of nitrogens with zero attached hydrogens (tertiary/aromatic N) is 1. The predicted molar refractivity (Wildman–Crippen MR) is 85.6 cm³/mol. The number of carbonyl (C=O) groups is 2. The van der Waals surface area contributed by atoms with Crippen molar-refractivity contribution >= 4 is 45.1 Å². The Hall–Kier alpha value is -0.850. The van der Waals surface area contributed by atoms with Crippen molar-refractivity contribution in [1.82, 2.24) is 4.90 Å². The van der Waals surface area contributed by atoms with Crippen LogP contribution in [0.1, 0.15) is 24.2 Å². The van der Waals surface area contributed by atoms with Crippen LogP contribution in [-0.4, -0.2) is 42.0 Å². The number of ketones is 1. The molecule has 4 nitrogen and oxygen atoms in total. The summed E-state index contributed by atoms with van der Waals surface area (Å²) in [4.78, 5) is 26.3. The molecular formula is C14H17BrN2O2S. The Kier molecular flexibility index (Phi) is 5.23. The van der Waals surface area contributed by atoms with Crippen LogP contribution in [0.4, 0.5) is 5.69 Å². The van der Waals surface area contributed by atoms with E-state index in [0.29, 0.717) is 11.3 Å². The monoisotopic (exact) mass is 356 g/mol. The number of nitrogens with one attached hydrogen (secondary N) is 1. The van der Waals surface area contributed by atoms with Gasteiger partial charge in [-0.2, -0.15) is 0 Å². The van der Waals surface area contributed by atoms with Crippen LogP contribution in [0.15, 0.2) is 21.5 Å². The van der Waals surface area contributed by atoms with E-state index >= 15 is 0 Å². The van der Waals surface area contributed by atoms with Gasteiger partial charge in [-0.05, 0) is 41.2 Å². The first kappa shape index (κ1) is 15.5. The zero-order valence-corrected chi connectivity index (χ0v) is 13.9. The van der Waals surface area contributed by atoms with Gasteiger partial charge in [-0.15, -0.1) is 11.8 Å². The fourth-order valence-corrected chi connectivity index (χ4v) is 3.74. The number of amides is 1. The maximum absolute atomic E-state index is 11.6. The first-order valence-electron chi connectivity index (χ1n) is 6.61. The minimum absolute atomic E-state index is 0.454. The summed E-state index contributed by atoms with van der Waals surface area (Å²) < 4.78 is 0.866. The maximum atomic E-state index is 11.6. The predicted octanol–water partition coefficient (Wildman–Crippen LogP) is 3.02. The lowest BCUT2D eigenvalue weighted by atomic mass is 10.1. The molecule has 2 rings (SSSR count). The fraction of sp³-hybridized carbons (Fsp3) is 0.429. The summed E-state index contributed by atoms with van der Waals surface area (Å²) in [6, 6.07) is 3.60. The van der Waals surface area contributed by atoms with Gasteiger partial charge in [0.05, 0.1) is 11.3 Å². The topological polar surface area (TPSA) is 49.4 Å². The van der Waals surface area contributed by atoms with E-state index in [4.69, 9.17) is 0 Å². The Balaban J connectivity index is 2.05. The van der Waals surface area contributed by atoms with Gasteiger partial charge in [0.25, 0.3) is 11.7 Å². The van der Waals surface area contributed by atoms with Gasteiger partial charge in [-0.1, -0.05) is 13.8 Å². The minimum Gasteiger partial charge on any atom is -0.318 e. The number of fused-ring (bicyclic) bond motifs is 1. The van der Waals surface area contributed by atoms with Crippen molar-refractivity contribution in [3.63, 3.8) is 0 Å². The van der Waals surface area contributed by atoms with E-state index in [1.807, 2.05) is 6.07 Å². The van der Waals surface area contributed by atoms with Crippen molar-refractivity contribution in [2.45, 2.75) is 18.7 Å². The summed E-state index contributed by atoms with van der Waals surface area (Å²) in [6.45, 7) is 7.42. The van der Waals surface area contributed by atoms with E-state index in [0.717, 1.165) is 34.8 Å². The molecule has 6 heteroatoms. The van der Waals surface area contributed by atoms with Crippen LogP contribution in [0.5, 0.6) is 0 Å². The first-order chi connectivity index (χ1) is 9.56. The number of Topliss-reactive ketones (excluding diaryl/α,β-unsaturated/α-hetero) is 1. The number of anilines is 1. The molecule has 1 heterocycles. The van der Waals surface area contributed by atoms with Crippen LogP contribution in [0.3, 0.4) is 0 Å². The Morgan fingerprint density at radius 3 is 2.60 bits per heavy atom. The molecule has 0 spiro atoms. The SMILES string of the molecule is CCN(CC)CCSc1cc2c(cc1Br)C(=O)C(=O)N2. The van der Waals surface area contributed by atoms with Gasteiger partial charge in [0.1, 0.15) is 0 Å². The van der Waals surface area contributed by atoms with Crippen molar-refractivity contribution in [3.8, 4) is 0 Å². The fourth-order valence-electron chi connectivity index (χ4n) is 2.08. The number of hydrogen-bond acceptors (Lipinski definition) is 4. The molecule has 1 N–H and O–H groups in total. The molecule has 1 aliphatic rings. The Morgan fingerprint density at radius 1 is 1.25 bits per heavy atom. The number of thioether (sulfide) groups is 1. The summed E-state index contributed by atoms with van der Waals surface area (Å²) in [5, 5.41) is 2.60. The molecule has 1 amide bonds. The van der Waals surface area contributed by atoms with E-state index in [1.54, 1.807) is 17.8 Å². The minimum atomic E-state index is -0.544. The standard InChI is InChI=1S/C14H17BrN2O2S/c1-3-17(4-2)5-6-20-12-8-11-9(7-10(12)15)13(18)14(19)16-11/h7-8H,3-6H2,1-2H3,(H,16,18,19). The number of rotatable bonds is 6. The smallest absolute Gasteiger partial charge is 0.296 e. The largest absolute Gasteiger partial charge is 0.318 e. The first-order valence-corrected chi connectivity index (χ1v) is 8.39. The third-order valence-corrected chi connectivity index (χ3v) is 5.28. The highest BCUT2D eigenvalue weighted by atomic mass is 79.9. The average Bonchev–Trinajstić information content (AvgIpc) is 2.70. The lowest BCUT2D eigenvalue weighted by molar-refractivity contribution is -0.112. The maximum Gasteiger partial charge on any atom is 0.296 e. The molecule has 1 aromatic rings. The molecular weight excluding hydrogens is 340 g/mol. The highest BCUT2D eigenvalue weighted by Gasteiger charge is 2.28. The van der Waals surface area contributed by atoms with Gasteiger partial charge < -0.3 is 10.2 Å². The molecule has 20 heavy (non-hydrogen) atoms. The van der Waals surface area contributed by atoms with Gasteiger partial charge in [0, 0.05) is 21.7 Å². The molecule has 1 aliphatic heterocycles. The average molecular weight is 357 g/mol. The van der Waals surface area contributed by atoms with Crippen molar-refractivity contribution in [2.75, 3.05) is 30.7 Å². The third kappa shape index (κ3) is 3.24. The molecule has 0 unspecified atom stereocenters. The lowest BCUT2D eigenvalue weighted by Gasteiger charge is -2.17. The van der Waals surface area contributed by atoms with Gasteiger partial charge >= 0.3 is 0 Å². The summed E-state index contributed by atoms with van der Waals surface area (Å²) in [5.41, 5.74) is 1.07. The summed E-state index contributed by atoms with van der Waals surface area (Å²) in [7, 11) is 0. The van der Waals surface area contributed by atoms with Gasteiger partial charge in [-0.25, -0.2) is 0 Å². The Morgan fingerprint density at radius 2 is 1.95 bits per heavy atom. The van der Waals surface area contributed by atoms with Crippen molar-refractivity contribution in [3.05, 3.63) is 22.2 Å². The van der Waals surface area contributed by atoms with Crippen LogP contribution >= 0.6 is 27.7 Å². The van der Waals surface area contributed by atoms with Crippen LogP contribution in [0.25, 0.3) is 0 Å². The lowest BCUT2D eigenvalue weighted by Crippen LogP contribution is -2.25. The zero-order valence-electron chi connectivity index (χ0n) is 11.5. The van der Waals surface area contributed by atoms with Gasteiger partial charge in [0.2, 0.25) is 0 Å². The Bertz CT molecular complexity index is 544. The van der Waals surface area contributed by atoms with Crippen molar-refractivity contribution in [2.24, 2.45) is 0 Å². The number of hydrogen-bond donors (Lipinski definition) is 1. The van der Waals surface area contributed by atoms with E-state index in [-0.39, 0.29) is 0 Å². The van der Waals surface area contributed by atoms with Crippen LogP contribution in [-0.2, 0) is 4.79 Å². The van der Waals surface area contributed by atoms with E-state index in [2.05, 4.69) is 40.0 Å². The van der Waals surface area contributed by atoms with Gasteiger partial charge in [0.15, 0.2) is 0 Å². The highest BCUT2D eigenvalue weighted by Crippen LogP contribution is 2.35. The van der Waals surface area contributed by atoms with Crippen LogP contribution in [0.2, 0.25) is 0 Å². The second-order valence-corrected chi connectivity index (χ2v) is 6.48. The molecule has 0 fully saturated rings. The van der Waals surface area contributed by atoms with E-state index in [9.17, 15) is 9.59 Å². The highest BCUT2D eigenvalue weighted by molar-refractivity contribution is 9.10. The number of halogens is 1. The molecule has 1 aromatic carbocycles. The normalized spacial score (nSPS) is 13.8. The molecule has 0 aliphatic carbocycles. The van der Waals surface area contributed by atoms with Crippen LogP contribution < -0.4 is 5.32 Å². The molecule has 0 aromatic heterocycles. The number of carbonyl (C=O) groups excluding carboxylic acids is 2. The number of benzene rings is 1. The Labute approximate surface area is 131 Å². The van der Waals surface area contributed by atoms with E-state index < -0.39 is 11.7 Å². The quantitative estimate of drug-likeness (QED) is 0.628. The van der Waals surface area contributed by atoms with Crippen LogP contribution in [0, 0.1) is 0 Å². The van der Waals surface area contributed by atoms with Crippen molar-refractivity contribution < 1.29 is 9.59 Å². The van der Waals surface area contributed by atoms with Gasteiger partial charge in [-0.3, -0.25) is 9.59 Å². The second-order valence-electron chi connectivity index (χ2n) is 4.49. The summed E-state index contributed by atoms with van der Waals surface area (Å²) in [5.74, 6) is -0.0291. The summed E-state index contributed by atoms with van der Waals surface area (Å²) in [6.07, 6.45) is 0. The van der Waals surface area contributed by atoms with E-state index in [1.165, 1.54) is 0 Å². The molecule has 0 saturated heterocycles.